The number of amides is 3. The molecule has 39 atom stereocenters. The SMILES string of the molecule is CC(=O)N[C@H]1[C@@H](O[C@@H]2[C@H](O)[C@@H](O)[C@H](O[C@@H]3[C@H](O[C@@H]4O[C@H](CO)[C@H](O)[C@H](O[C@@H]5O[C@H](C(=O)O)[C@@H](O)[C@H](O)[C@H]5O)[C@H]4O)[C@@H](O[C@@H]4O[C@@H](C)[C@@H](O)[C@@H](O)[C@@H]4O)[C@H](O[C@@H]([C@@H](O)[C@H](O)CO[C@@H]4O[C@H](COS(=O)(=O)O)[C@@H](O)[C@H](O)[C@H]4NC(C)=O)[C@H](CO)NC(C)=O)O[C@@H]3CO)O[C@@H]2CO)O[C@H](CO)[C@H](O)[C@@H]1O. The third-order valence-corrected chi connectivity index (χ3v) is 18.1. The van der Waals surface area contributed by atoms with E-state index in [-0.39, 0.29) is 0 Å². The van der Waals surface area contributed by atoms with E-state index in [2.05, 4.69) is 20.1 Å². The van der Waals surface area contributed by atoms with E-state index in [9.17, 15) is 144 Å². The van der Waals surface area contributed by atoms with Crippen LogP contribution in [0.1, 0.15) is 27.7 Å². The summed E-state index contributed by atoms with van der Waals surface area (Å²) in [5, 5.41) is 251. The molecule has 0 radical (unpaired) electrons. The fourth-order valence-corrected chi connectivity index (χ4v) is 12.5. The van der Waals surface area contributed by atoms with Gasteiger partial charge in [-0.1, -0.05) is 0 Å². The van der Waals surface area contributed by atoms with Gasteiger partial charge in [-0.2, -0.15) is 8.42 Å². The van der Waals surface area contributed by atoms with E-state index in [0.717, 1.165) is 27.7 Å². The summed E-state index contributed by atoms with van der Waals surface area (Å²) >= 11 is 0. The quantitative estimate of drug-likeness (QED) is 0.0297. The van der Waals surface area contributed by atoms with Crippen molar-refractivity contribution in [2.75, 3.05) is 46.2 Å². The summed E-state index contributed by atoms with van der Waals surface area (Å²) < 4.78 is 119. The summed E-state index contributed by atoms with van der Waals surface area (Å²) in [7, 11) is -5.24. The molecule has 7 heterocycles. The average Bonchev–Trinajstić information content (AvgIpc) is 0.758. The first-order chi connectivity index (χ1) is 47.8. The maximum Gasteiger partial charge on any atom is 0.397 e. The third-order valence-electron chi connectivity index (χ3n) is 17.6. The maximum absolute atomic E-state index is 12.9. The van der Waals surface area contributed by atoms with Crippen LogP contribution in [0.5, 0.6) is 0 Å². The van der Waals surface area contributed by atoms with Gasteiger partial charge in [-0.15, -0.1) is 0 Å². The van der Waals surface area contributed by atoms with Gasteiger partial charge >= 0.3 is 16.4 Å². The summed E-state index contributed by atoms with van der Waals surface area (Å²) in [4.78, 5) is 49.6. The van der Waals surface area contributed by atoms with Crippen LogP contribution >= 0.6 is 0 Å². The van der Waals surface area contributed by atoms with Crippen molar-refractivity contribution in [1.29, 1.82) is 0 Å². The van der Waals surface area contributed by atoms with Crippen molar-refractivity contribution in [1.82, 2.24) is 16.0 Å². The van der Waals surface area contributed by atoms with Crippen molar-refractivity contribution in [2.45, 2.75) is 267 Å². The minimum atomic E-state index is -5.24. The highest BCUT2D eigenvalue weighted by Gasteiger charge is 2.61. The van der Waals surface area contributed by atoms with E-state index in [0.29, 0.717) is 0 Å². The lowest BCUT2D eigenvalue weighted by molar-refractivity contribution is -0.418. The highest BCUT2D eigenvalue weighted by molar-refractivity contribution is 7.80. The first-order valence-corrected chi connectivity index (χ1v) is 32.9. The van der Waals surface area contributed by atoms with Crippen molar-refractivity contribution < 1.29 is 215 Å². The van der Waals surface area contributed by atoms with E-state index < -0.39 is 320 Å². The van der Waals surface area contributed by atoms with E-state index in [1.807, 2.05) is 0 Å². The Balaban J connectivity index is 1.33. The van der Waals surface area contributed by atoms with Crippen molar-refractivity contribution in [3.05, 3.63) is 0 Å². The topological polar surface area (TPSA) is 742 Å². The number of rotatable bonds is 30. The number of carbonyl (C=O) groups is 4. The van der Waals surface area contributed by atoms with Gasteiger partial charge in [0.2, 0.25) is 17.7 Å². The number of carbonyl (C=O) groups excluding carboxylic acids is 3. The Bertz CT molecular complexity index is 2800. The molecule has 0 aliphatic carbocycles. The zero-order valence-electron chi connectivity index (χ0n) is 54.2. The Morgan fingerprint density at radius 2 is 0.882 bits per heavy atom. The molecule has 102 heavy (non-hydrogen) atoms. The molecule has 7 fully saturated rings. The van der Waals surface area contributed by atoms with Crippen LogP contribution in [0.4, 0.5) is 0 Å². The van der Waals surface area contributed by atoms with Gasteiger partial charge in [-0.25, -0.2) is 8.98 Å². The number of hydrogen-bond donors (Lipinski definition) is 26. The number of hydrogen-bond acceptors (Lipinski definition) is 42. The van der Waals surface area contributed by atoms with Crippen LogP contribution in [0, 0.1) is 0 Å². The van der Waals surface area contributed by atoms with Crippen LogP contribution in [0.25, 0.3) is 0 Å². The molecule has 7 aliphatic rings. The Morgan fingerprint density at radius 1 is 0.441 bits per heavy atom. The molecule has 47 nitrogen and oxygen atoms in total. The van der Waals surface area contributed by atoms with Gasteiger partial charge in [0.25, 0.3) is 0 Å². The summed E-state index contributed by atoms with van der Waals surface area (Å²) in [6.45, 7) is -4.77. The number of aliphatic hydroxyl groups is 21. The first-order valence-electron chi connectivity index (χ1n) is 31.5. The number of aliphatic carboxylic acids is 1. The number of aliphatic hydroxyl groups excluding tert-OH is 21. The molecule has 7 aliphatic heterocycles. The van der Waals surface area contributed by atoms with Crippen molar-refractivity contribution in [3.8, 4) is 0 Å². The second-order valence-electron chi connectivity index (χ2n) is 24.9. The van der Waals surface area contributed by atoms with Crippen LogP contribution in [0.2, 0.25) is 0 Å². The average molecular weight is 1520 g/mol. The summed E-state index contributed by atoms with van der Waals surface area (Å²) in [6, 6.07) is -5.53. The zero-order chi connectivity index (χ0) is 76.0. The van der Waals surface area contributed by atoms with Crippen LogP contribution < -0.4 is 16.0 Å². The molecule has 0 aromatic heterocycles. The molecule has 0 aromatic rings. The maximum atomic E-state index is 12.9. The summed E-state index contributed by atoms with van der Waals surface area (Å²) in [6.07, 6.45) is -81.1. The highest BCUT2D eigenvalue weighted by Crippen LogP contribution is 2.40. The Morgan fingerprint density at radius 3 is 1.43 bits per heavy atom. The predicted molar refractivity (Wildman–Crippen MR) is 311 cm³/mol. The zero-order valence-corrected chi connectivity index (χ0v) is 55.1. The molecule has 0 unspecified atom stereocenters. The molecule has 26 N–H and O–H groups in total. The number of carboxylic acid groups (broad SMARTS) is 1. The van der Waals surface area contributed by atoms with Crippen LogP contribution in [-0.4, -0.2) is 434 Å². The van der Waals surface area contributed by atoms with Gasteiger partial charge in [0.05, 0.1) is 58.4 Å². The fourth-order valence-electron chi connectivity index (χ4n) is 12.2. The fraction of sp³-hybridized carbons (Fsp3) is 0.926. The number of carboxylic acids is 1. The Hall–Kier alpha value is -3.65. The molecule has 3 amide bonds. The largest absolute Gasteiger partial charge is 0.479 e. The van der Waals surface area contributed by atoms with E-state index >= 15 is 0 Å². The summed E-state index contributed by atoms with van der Waals surface area (Å²) in [5.41, 5.74) is 0. The van der Waals surface area contributed by atoms with Crippen LogP contribution in [-0.2, 0) is 100 Å². The Labute approximate surface area is 576 Å². The Kier molecular flexibility index (Phi) is 31.0. The highest BCUT2D eigenvalue weighted by atomic mass is 32.3. The number of ether oxygens (including phenoxy) is 14. The molecule has 0 spiro atoms. The first kappa shape index (κ1) is 85.6. The molecular formula is C54H91N3O44S. The van der Waals surface area contributed by atoms with Gasteiger partial charge in [0.15, 0.2) is 50.1 Å². The smallest absolute Gasteiger partial charge is 0.397 e. The molecule has 0 bridgehead atoms. The van der Waals surface area contributed by atoms with Gasteiger partial charge in [0, 0.05) is 20.8 Å². The van der Waals surface area contributed by atoms with Gasteiger partial charge in [-0.05, 0) is 6.92 Å². The van der Waals surface area contributed by atoms with Crippen LogP contribution in [0.15, 0.2) is 0 Å². The van der Waals surface area contributed by atoms with E-state index in [1.54, 1.807) is 0 Å². The van der Waals surface area contributed by atoms with E-state index in [1.165, 1.54) is 0 Å². The predicted octanol–water partition coefficient (Wildman–Crippen LogP) is -17.4. The third kappa shape index (κ3) is 20.0. The minimum Gasteiger partial charge on any atom is -0.479 e. The van der Waals surface area contributed by atoms with Gasteiger partial charge in [-0.3, -0.25) is 18.9 Å². The van der Waals surface area contributed by atoms with Crippen LogP contribution in [0.3, 0.4) is 0 Å². The lowest BCUT2D eigenvalue weighted by Gasteiger charge is -2.52. The van der Waals surface area contributed by atoms with Crippen molar-refractivity contribution in [2.24, 2.45) is 0 Å². The standard InChI is InChI=1S/C54H91N3O44S/c1-12-25(67)32(74)36(78)50(89-12)101-46-45(100-53-39(81)43(29(71)19(7-60)91-53)98-52-37(79)33(75)34(76)44(99-52)47(82)83)42(97-51-38(80)35(77)41(20(8-61)92-51)96-49-24(57-15(4)65)31(73)27(69)18(6-59)90-49)21(9-62)93-54(46)95-40(16(5-58)55-13(2)63)26(68)17(66)10-87-48-23(56-14(3)64)30(72)28(70)22(94-48)11-88-102(84,85)86/h12,16-46,48-54,58-62,66-81H,5-11H2,1-4H3,(H,55,63)(H,56,64)(H,57,65)(H,82,83)(H,84,85,86)/t12-,16-,17+,18+,19+,20+,21+,22+,23+,24+,25+,26-,27-,28+,29-,30+,31+,32+,33-,34-,35+,36-,37+,38+,39+,40+,41-,42-,43-,44-,45-,46+,48+,49+,50-,51-,52+,53-,54-/m0/s1. The number of nitrogens with one attached hydrogen (secondary N) is 3. The molecule has 0 saturated carbocycles. The minimum absolute atomic E-state index is 0.842. The second kappa shape index (κ2) is 37.0. The normalized spacial score (nSPS) is 44.9. The monoisotopic (exact) mass is 1520 g/mol. The second-order valence-corrected chi connectivity index (χ2v) is 26.0. The molecule has 7 rings (SSSR count). The van der Waals surface area contributed by atoms with E-state index in [4.69, 9.17) is 66.3 Å². The van der Waals surface area contributed by atoms with Gasteiger partial charge < -0.3 is 195 Å². The van der Waals surface area contributed by atoms with Crippen molar-refractivity contribution in [3.63, 3.8) is 0 Å². The molecule has 48 heteroatoms. The lowest BCUT2D eigenvalue weighted by Crippen LogP contribution is -2.70. The lowest BCUT2D eigenvalue weighted by atomic mass is 9.94. The molecule has 0 aromatic carbocycles. The molecular weight excluding hydrogens is 1430 g/mol. The molecule has 7 saturated heterocycles. The molecule has 592 valence electrons. The van der Waals surface area contributed by atoms with Crippen molar-refractivity contribution >= 4 is 34.1 Å². The van der Waals surface area contributed by atoms with Gasteiger partial charge in [0.1, 0.15) is 177 Å². The summed E-state index contributed by atoms with van der Waals surface area (Å²) in [5.74, 6) is -4.71.